The number of hydrogen-bond donors (Lipinski definition) is 0. The van der Waals surface area contributed by atoms with Gasteiger partial charge in [-0.2, -0.15) is 0 Å². The fraction of sp³-hybridized carbons (Fsp3) is 0.250. The third-order valence-corrected chi connectivity index (χ3v) is 9.69. The normalized spacial score (nSPS) is 24.7. The molecule has 4 aliphatic rings. The largest absolute Gasteiger partial charge is 0.458 e. The van der Waals surface area contributed by atoms with Gasteiger partial charge in [0.1, 0.15) is 11.5 Å². The van der Waals surface area contributed by atoms with Crippen LogP contribution in [0.15, 0.2) is 84.9 Å². The van der Waals surface area contributed by atoms with Crippen molar-refractivity contribution >= 4 is 34.5 Å². The van der Waals surface area contributed by atoms with Crippen molar-refractivity contribution in [1.29, 1.82) is 0 Å². The van der Waals surface area contributed by atoms with Gasteiger partial charge in [0.25, 0.3) is 6.71 Å². The van der Waals surface area contributed by atoms with Crippen LogP contribution in [-0.4, -0.2) is 12.3 Å². The molecule has 4 aromatic rings. The molecule has 0 aromatic heterocycles. The number of nitrogens with zero attached hydrogens (tertiary/aromatic N) is 1. The first-order valence-electron chi connectivity index (χ1n) is 13.0. The Morgan fingerprint density at radius 3 is 2.43 bits per heavy atom. The van der Waals surface area contributed by atoms with Crippen LogP contribution in [0, 0.1) is 0 Å². The van der Waals surface area contributed by atoms with Crippen molar-refractivity contribution in [3.05, 3.63) is 90.5 Å². The van der Waals surface area contributed by atoms with Crippen LogP contribution in [0.2, 0.25) is 0 Å². The van der Waals surface area contributed by atoms with Crippen molar-refractivity contribution in [2.45, 2.75) is 50.5 Å². The second-order valence-electron chi connectivity index (χ2n) is 11.2. The molecule has 0 saturated heterocycles. The predicted molar refractivity (Wildman–Crippen MR) is 146 cm³/mol. The van der Waals surface area contributed by atoms with Gasteiger partial charge in [0.15, 0.2) is 0 Å². The van der Waals surface area contributed by atoms with Crippen LogP contribution in [0.25, 0.3) is 11.1 Å². The van der Waals surface area contributed by atoms with E-state index in [0.29, 0.717) is 0 Å². The van der Waals surface area contributed by atoms with Crippen molar-refractivity contribution in [3.63, 3.8) is 0 Å². The van der Waals surface area contributed by atoms with Gasteiger partial charge in [-0.1, -0.05) is 92.6 Å². The van der Waals surface area contributed by atoms with Crippen molar-refractivity contribution in [3.8, 4) is 22.6 Å². The maximum Gasteiger partial charge on any atom is 0.256 e. The second kappa shape index (κ2) is 6.60. The van der Waals surface area contributed by atoms with Crippen LogP contribution >= 0.6 is 0 Å². The average molecular weight is 453 g/mol. The lowest BCUT2D eigenvalue weighted by molar-refractivity contribution is 0.195. The zero-order valence-electron chi connectivity index (χ0n) is 20.3. The molecule has 2 atom stereocenters. The third kappa shape index (κ3) is 2.28. The summed E-state index contributed by atoms with van der Waals surface area (Å²) in [6, 6.07) is 31.1. The van der Waals surface area contributed by atoms with Crippen molar-refractivity contribution in [1.82, 2.24) is 0 Å². The Balaban J connectivity index is 1.45. The highest BCUT2D eigenvalue weighted by atomic mass is 16.5. The van der Waals surface area contributed by atoms with Crippen LogP contribution in [0.5, 0.6) is 11.5 Å². The van der Waals surface area contributed by atoms with Crippen molar-refractivity contribution < 1.29 is 4.74 Å². The third-order valence-electron chi connectivity index (χ3n) is 9.69. The number of fused-ring (bicyclic) bond motifs is 7. The predicted octanol–water partition coefficient (Wildman–Crippen LogP) is 6.03. The molecule has 1 fully saturated rings. The summed E-state index contributed by atoms with van der Waals surface area (Å²) in [5.74, 6) is 2.01. The van der Waals surface area contributed by atoms with Crippen LogP contribution in [-0.2, 0) is 5.41 Å². The van der Waals surface area contributed by atoms with E-state index in [0.717, 1.165) is 11.5 Å². The Morgan fingerprint density at radius 2 is 1.54 bits per heavy atom. The highest BCUT2D eigenvalue weighted by molar-refractivity contribution is 6.99. The van der Waals surface area contributed by atoms with Gasteiger partial charge < -0.3 is 9.64 Å². The molecule has 2 nitrogen and oxygen atoms in total. The maximum absolute atomic E-state index is 6.80. The number of para-hydroxylation sites is 2. The van der Waals surface area contributed by atoms with E-state index in [4.69, 9.17) is 4.74 Å². The lowest BCUT2D eigenvalue weighted by Gasteiger charge is -2.52. The van der Waals surface area contributed by atoms with E-state index >= 15 is 0 Å². The molecule has 8 rings (SSSR count). The molecule has 0 bridgehead atoms. The molecule has 3 heteroatoms. The monoisotopic (exact) mass is 453 g/mol. The van der Waals surface area contributed by atoms with Gasteiger partial charge in [-0.25, -0.2) is 0 Å². The lowest BCUT2D eigenvalue weighted by atomic mass is 9.34. The molecule has 3 aliphatic heterocycles. The summed E-state index contributed by atoms with van der Waals surface area (Å²) in [6.45, 7) is 5.23. The van der Waals surface area contributed by atoms with E-state index in [1.165, 1.54) is 64.6 Å². The highest BCUT2D eigenvalue weighted by Crippen LogP contribution is 2.61. The number of anilines is 2. The van der Waals surface area contributed by atoms with Gasteiger partial charge in [-0.15, -0.1) is 0 Å². The molecule has 170 valence electrons. The number of rotatable bonds is 1. The standard InChI is InChI=1S/C32H28BNO/c1-31-19-6-7-20-32(31,2)34-26-17-10-18-27-28(26)33(24-15-9-14-23(31)29(24)34)25-16-8-13-22(30(25)35-27)21-11-4-3-5-12-21/h3-5,8-18H,6-7,19-20H2,1-2H3/t31-,32?/m1/s1. The lowest BCUT2D eigenvalue weighted by Crippen LogP contribution is -2.63. The first-order chi connectivity index (χ1) is 17.1. The summed E-state index contributed by atoms with van der Waals surface area (Å²) >= 11 is 0. The first kappa shape index (κ1) is 19.8. The summed E-state index contributed by atoms with van der Waals surface area (Å²) in [4.78, 5) is 2.72. The Bertz CT molecular complexity index is 1530. The minimum absolute atomic E-state index is 0.0793. The van der Waals surface area contributed by atoms with E-state index in [-0.39, 0.29) is 17.7 Å². The average Bonchev–Trinajstić information content (AvgIpc) is 3.11. The number of ether oxygens (including phenoxy) is 1. The molecular formula is C32H28BNO. The molecule has 0 N–H and O–H groups in total. The first-order valence-corrected chi connectivity index (χ1v) is 13.0. The minimum Gasteiger partial charge on any atom is -0.458 e. The Morgan fingerprint density at radius 1 is 0.771 bits per heavy atom. The fourth-order valence-electron chi connectivity index (χ4n) is 7.83. The fourth-order valence-corrected chi connectivity index (χ4v) is 7.83. The van der Waals surface area contributed by atoms with Gasteiger partial charge in [0, 0.05) is 22.4 Å². The van der Waals surface area contributed by atoms with Gasteiger partial charge in [0.2, 0.25) is 0 Å². The minimum atomic E-state index is 0.0793. The second-order valence-corrected chi connectivity index (χ2v) is 11.2. The Hall–Kier alpha value is -3.46. The quantitative estimate of drug-likeness (QED) is 0.288. The number of benzene rings is 4. The molecule has 3 heterocycles. The van der Waals surface area contributed by atoms with Crippen LogP contribution in [0.4, 0.5) is 11.4 Å². The van der Waals surface area contributed by atoms with Crippen LogP contribution < -0.4 is 26.0 Å². The molecule has 1 saturated carbocycles. The smallest absolute Gasteiger partial charge is 0.256 e. The Kier molecular flexibility index (Phi) is 3.74. The SMILES string of the molecule is CC12CCCC[C@]1(C)c1cccc3c1N2c1cccc2c1B3c1cccc(-c3ccccc3)c1O2. The van der Waals surface area contributed by atoms with Gasteiger partial charge in [0.05, 0.1) is 5.54 Å². The molecule has 35 heavy (non-hydrogen) atoms. The van der Waals surface area contributed by atoms with E-state index < -0.39 is 0 Å². The van der Waals surface area contributed by atoms with Gasteiger partial charge >= 0.3 is 0 Å². The van der Waals surface area contributed by atoms with Crippen LogP contribution in [0.3, 0.4) is 0 Å². The molecule has 1 unspecified atom stereocenters. The van der Waals surface area contributed by atoms with E-state index in [2.05, 4.69) is 104 Å². The summed E-state index contributed by atoms with van der Waals surface area (Å²) < 4.78 is 6.80. The zero-order chi connectivity index (χ0) is 23.4. The topological polar surface area (TPSA) is 12.5 Å². The zero-order valence-corrected chi connectivity index (χ0v) is 20.3. The Labute approximate surface area is 207 Å². The van der Waals surface area contributed by atoms with Gasteiger partial charge in [-0.3, -0.25) is 0 Å². The molecule has 0 amide bonds. The van der Waals surface area contributed by atoms with E-state index in [1.807, 2.05) is 0 Å². The number of hydrogen-bond acceptors (Lipinski definition) is 2. The van der Waals surface area contributed by atoms with Crippen molar-refractivity contribution in [2.75, 3.05) is 4.90 Å². The molecule has 4 aromatic carbocycles. The highest BCUT2D eigenvalue weighted by Gasteiger charge is 2.61. The summed E-state index contributed by atoms with van der Waals surface area (Å²) in [5, 5.41) is 0. The summed E-state index contributed by atoms with van der Waals surface area (Å²) in [6.07, 6.45) is 5.08. The molecule has 0 radical (unpaired) electrons. The molecule has 1 aliphatic carbocycles. The summed E-state index contributed by atoms with van der Waals surface area (Å²) in [7, 11) is 0. The van der Waals surface area contributed by atoms with Crippen LogP contribution in [0.1, 0.15) is 45.1 Å². The molecular weight excluding hydrogens is 425 g/mol. The summed E-state index contributed by atoms with van der Waals surface area (Å²) in [5.41, 5.74) is 11.0. The van der Waals surface area contributed by atoms with Crippen molar-refractivity contribution in [2.24, 2.45) is 0 Å². The van der Waals surface area contributed by atoms with Gasteiger partial charge in [-0.05, 0) is 59.4 Å². The maximum atomic E-state index is 6.80. The molecule has 0 spiro atoms. The van der Waals surface area contributed by atoms with E-state index in [9.17, 15) is 0 Å². The van der Waals surface area contributed by atoms with E-state index in [1.54, 1.807) is 5.56 Å².